The standard InChI is InChI=1S/C14H19N3O2/c1-2-7-15-12-6-4-3-5-11(12)14(19)17-9-8-16-13(18)10-17/h3-6,15H,2,7-10H2,1H3,(H,16,18). The van der Waals surface area contributed by atoms with E-state index in [4.69, 9.17) is 0 Å². The SMILES string of the molecule is CCCNc1ccccc1C(=O)N1CCNC(=O)C1. The zero-order valence-corrected chi connectivity index (χ0v) is 11.1. The van der Waals surface area contributed by atoms with Crippen molar-refractivity contribution in [1.29, 1.82) is 0 Å². The summed E-state index contributed by atoms with van der Waals surface area (Å²) in [6, 6.07) is 7.44. The van der Waals surface area contributed by atoms with Gasteiger partial charge in [-0.1, -0.05) is 19.1 Å². The summed E-state index contributed by atoms with van der Waals surface area (Å²) in [5.74, 6) is -0.187. The number of hydrogen-bond donors (Lipinski definition) is 2. The Labute approximate surface area is 113 Å². The molecule has 1 aliphatic rings. The minimum atomic E-state index is -0.0985. The molecule has 0 unspecified atom stereocenters. The molecule has 19 heavy (non-hydrogen) atoms. The van der Waals surface area contributed by atoms with Crippen molar-refractivity contribution in [1.82, 2.24) is 10.2 Å². The van der Waals surface area contributed by atoms with Crippen molar-refractivity contribution < 1.29 is 9.59 Å². The van der Waals surface area contributed by atoms with Gasteiger partial charge in [-0.25, -0.2) is 0 Å². The van der Waals surface area contributed by atoms with E-state index >= 15 is 0 Å². The molecule has 1 aliphatic heterocycles. The summed E-state index contributed by atoms with van der Waals surface area (Å²) in [6.07, 6.45) is 0.995. The molecule has 1 fully saturated rings. The van der Waals surface area contributed by atoms with Gasteiger partial charge in [-0.3, -0.25) is 9.59 Å². The molecule has 1 heterocycles. The van der Waals surface area contributed by atoms with Gasteiger partial charge in [0.05, 0.1) is 12.1 Å². The van der Waals surface area contributed by atoms with E-state index in [0.717, 1.165) is 18.7 Å². The number of carbonyl (C=O) groups is 2. The number of benzene rings is 1. The van der Waals surface area contributed by atoms with E-state index in [1.165, 1.54) is 0 Å². The molecule has 0 spiro atoms. The van der Waals surface area contributed by atoms with Crippen LogP contribution in [-0.4, -0.2) is 42.9 Å². The van der Waals surface area contributed by atoms with Crippen molar-refractivity contribution >= 4 is 17.5 Å². The van der Waals surface area contributed by atoms with Crippen LogP contribution >= 0.6 is 0 Å². The van der Waals surface area contributed by atoms with Crippen LogP contribution in [0.4, 0.5) is 5.69 Å². The largest absolute Gasteiger partial charge is 0.384 e. The molecule has 5 heteroatoms. The van der Waals surface area contributed by atoms with E-state index in [-0.39, 0.29) is 18.4 Å². The summed E-state index contributed by atoms with van der Waals surface area (Å²) in [6.45, 7) is 4.12. The summed E-state index contributed by atoms with van der Waals surface area (Å²) >= 11 is 0. The van der Waals surface area contributed by atoms with E-state index in [9.17, 15) is 9.59 Å². The van der Waals surface area contributed by atoms with Gasteiger partial charge in [-0.05, 0) is 18.6 Å². The molecule has 1 aromatic carbocycles. The summed E-state index contributed by atoms with van der Waals surface area (Å²) in [4.78, 5) is 25.4. The highest BCUT2D eigenvalue weighted by Crippen LogP contribution is 2.17. The van der Waals surface area contributed by atoms with Gasteiger partial charge in [0, 0.05) is 25.3 Å². The molecular weight excluding hydrogens is 242 g/mol. The van der Waals surface area contributed by atoms with Crippen molar-refractivity contribution in [2.75, 3.05) is 31.5 Å². The molecule has 0 radical (unpaired) electrons. The predicted octanol–water partition coefficient (Wildman–Crippen LogP) is 1.08. The molecule has 2 amide bonds. The molecule has 102 valence electrons. The second kappa shape index (κ2) is 6.22. The Kier molecular flexibility index (Phi) is 4.39. The van der Waals surface area contributed by atoms with Crippen LogP contribution in [0.2, 0.25) is 0 Å². The van der Waals surface area contributed by atoms with Crippen molar-refractivity contribution in [3.63, 3.8) is 0 Å². The van der Waals surface area contributed by atoms with Crippen LogP contribution in [0.25, 0.3) is 0 Å². The maximum absolute atomic E-state index is 12.4. The third-order valence-corrected chi connectivity index (χ3v) is 3.05. The van der Waals surface area contributed by atoms with Gasteiger partial charge in [0.15, 0.2) is 0 Å². The number of anilines is 1. The molecule has 2 rings (SSSR count). The van der Waals surface area contributed by atoms with E-state index in [0.29, 0.717) is 18.7 Å². The first-order valence-electron chi connectivity index (χ1n) is 6.61. The minimum absolute atomic E-state index is 0.0888. The van der Waals surface area contributed by atoms with Crippen LogP contribution in [0.1, 0.15) is 23.7 Å². The second-order valence-corrected chi connectivity index (χ2v) is 4.55. The Bertz CT molecular complexity index is 474. The quantitative estimate of drug-likeness (QED) is 0.852. The van der Waals surface area contributed by atoms with Gasteiger partial charge in [0.1, 0.15) is 0 Å². The lowest BCUT2D eigenvalue weighted by molar-refractivity contribution is -0.123. The van der Waals surface area contributed by atoms with Gasteiger partial charge < -0.3 is 15.5 Å². The highest BCUT2D eigenvalue weighted by molar-refractivity contribution is 6.01. The first kappa shape index (κ1) is 13.4. The van der Waals surface area contributed by atoms with Crippen LogP contribution < -0.4 is 10.6 Å². The van der Waals surface area contributed by atoms with E-state index in [1.54, 1.807) is 11.0 Å². The number of piperazine rings is 1. The average Bonchev–Trinajstić information content (AvgIpc) is 2.44. The number of rotatable bonds is 4. The average molecular weight is 261 g/mol. The van der Waals surface area contributed by atoms with Crippen LogP contribution in [0.5, 0.6) is 0 Å². The Morgan fingerprint density at radius 3 is 2.95 bits per heavy atom. The maximum Gasteiger partial charge on any atom is 0.256 e. The van der Waals surface area contributed by atoms with Crippen LogP contribution in [0.3, 0.4) is 0 Å². The van der Waals surface area contributed by atoms with Crippen LogP contribution in [0, 0.1) is 0 Å². The van der Waals surface area contributed by atoms with Gasteiger partial charge in [0.25, 0.3) is 5.91 Å². The Balaban J connectivity index is 2.15. The van der Waals surface area contributed by atoms with Crippen molar-refractivity contribution in [2.24, 2.45) is 0 Å². The lowest BCUT2D eigenvalue weighted by Gasteiger charge is -2.27. The number of nitrogens with one attached hydrogen (secondary N) is 2. The van der Waals surface area contributed by atoms with Gasteiger partial charge in [-0.15, -0.1) is 0 Å². The van der Waals surface area contributed by atoms with E-state index in [1.807, 2.05) is 18.2 Å². The van der Waals surface area contributed by atoms with Crippen molar-refractivity contribution in [3.8, 4) is 0 Å². The molecule has 1 saturated heterocycles. The van der Waals surface area contributed by atoms with E-state index < -0.39 is 0 Å². The van der Waals surface area contributed by atoms with Crippen LogP contribution in [0.15, 0.2) is 24.3 Å². The molecule has 1 aromatic rings. The Morgan fingerprint density at radius 2 is 2.21 bits per heavy atom. The smallest absolute Gasteiger partial charge is 0.256 e. The van der Waals surface area contributed by atoms with Crippen molar-refractivity contribution in [3.05, 3.63) is 29.8 Å². The predicted molar refractivity (Wildman–Crippen MR) is 74.1 cm³/mol. The molecule has 0 atom stereocenters. The first-order chi connectivity index (χ1) is 9.22. The van der Waals surface area contributed by atoms with Gasteiger partial charge in [0.2, 0.25) is 5.91 Å². The van der Waals surface area contributed by atoms with Crippen molar-refractivity contribution in [2.45, 2.75) is 13.3 Å². The van der Waals surface area contributed by atoms with Gasteiger partial charge in [-0.2, -0.15) is 0 Å². The molecular formula is C14H19N3O2. The number of carbonyl (C=O) groups excluding carboxylic acids is 2. The molecule has 0 aliphatic carbocycles. The van der Waals surface area contributed by atoms with Gasteiger partial charge >= 0.3 is 0 Å². The first-order valence-corrected chi connectivity index (χ1v) is 6.61. The highest BCUT2D eigenvalue weighted by Gasteiger charge is 2.23. The number of para-hydroxylation sites is 1. The minimum Gasteiger partial charge on any atom is -0.384 e. The fraction of sp³-hybridized carbons (Fsp3) is 0.429. The topological polar surface area (TPSA) is 61.4 Å². The molecule has 2 N–H and O–H groups in total. The molecule has 0 bridgehead atoms. The summed E-state index contributed by atoms with van der Waals surface area (Å²) in [5.41, 5.74) is 1.46. The summed E-state index contributed by atoms with van der Waals surface area (Å²) in [5, 5.41) is 5.96. The van der Waals surface area contributed by atoms with Crippen LogP contribution in [-0.2, 0) is 4.79 Å². The highest BCUT2D eigenvalue weighted by atomic mass is 16.2. The molecule has 0 aromatic heterocycles. The lowest BCUT2D eigenvalue weighted by atomic mass is 10.1. The van der Waals surface area contributed by atoms with E-state index in [2.05, 4.69) is 17.6 Å². The number of nitrogens with zero attached hydrogens (tertiary/aromatic N) is 1. The zero-order chi connectivity index (χ0) is 13.7. The summed E-state index contributed by atoms with van der Waals surface area (Å²) < 4.78 is 0. The Morgan fingerprint density at radius 1 is 1.42 bits per heavy atom. The zero-order valence-electron chi connectivity index (χ0n) is 11.1. The fourth-order valence-electron chi connectivity index (χ4n) is 2.07. The number of hydrogen-bond acceptors (Lipinski definition) is 3. The number of amides is 2. The third kappa shape index (κ3) is 3.24. The lowest BCUT2D eigenvalue weighted by Crippen LogP contribution is -2.50. The molecule has 0 saturated carbocycles. The summed E-state index contributed by atoms with van der Waals surface area (Å²) in [7, 11) is 0. The normalized spacial score (nSPS) is 15.0. The second-order valence-electron chi connectivity index (χ2n) is 4.55. The fourth-order valence-corrected chi connectivity index (χ4v) is 2.07. The molecule has 5 nitrogen and oxygen atoms in total. The monoisotopic (exact) mass is 261 g/mol. The maximum atomic E-state index is 12.4. The Hall–Kier alpha value is -2.04. The third-order valence-electron chi connectivity index (χ3n) is 3.05.